The van der Waals surface area contributed by atoms with E-state index in [1.54, 1.807) is 6.07 Å². The second kappa shape index (κ2) is 9.26. The van der Waals surface area contributed by atoms with Crippen LogP contribution in [0, 0.1) is 6.92 Å². The van der Waals surface area contributed by atoms with Crippen molar-refractivity contribution in [3.8, 4) is 0 Å². The number of rotatable bonds is 5. The van der Waals surface area contributed by atoms with Gasteiger partial charge in [0.1, 0.15) is 5.82 Å². The van der Waals surface area contributed by atoms with E-state index in [4.69, 9.17) is 23.2 Å². The highest BCUT2D eigenvalue weighted by Crippen LogP contribution is 2.21. The number of nitrogens with zero attached hydrogens (tertiary/aromatic N) is 2. The SMILES string of the molecule is Cc1cccc(N2CCC(NC(=O)CNC(=O)c3ccc(Cl)cc3Cl)CC2)n1. The zero-order valence-electron chi connectivity index (χ0n) is 15.5. The molecule has 0 aliphatic carbocycles. The average molecular weight is 421 g/mol. The fourth-order valence-electron chi connectivity index (χ4n) is 3.17. The van der Waals surface area contributed by atoms with Gasteiger partial charge < -0.3 is 15.5 Å². The van der Waals surface area contributed by atoms with Gasteiger partial charge in [-0.3, -0.25) is 9.59 Å². The van der Waals surface area contributed by atoms with E-state index in [0.29, 0.717) is 5.02 Å². The Hall–Kier alpha value is -2.31. The third-order valence-electron chi connectivity index (χ3n) is 4.64. The van der Waals surface area contributed by atoms with Crippen LogP contribution >= 0.6 is 23.2 Å². The number of carbonyl (C=O) groups is 2. The zero-order chi connectivity index (χ0) is 20.1. The number of nitrogens with one attached hydrogen (secondary N) is 2. The minimum atomic E-state index is -0.405. The summed E-state index contributed by atoms with van der Waals surface area (Å²) < 4.78 is 0. The summed E-state index contributed by atoms with van der Waals surface area (Å²) in [6.07, 6.45) is 1.66. The molecule has 0 unspecified atom stereocenters. The lowest BCUT2D eigenvalue weighted by Crippen LogP contribution is -2.47. The quantitative estimate of drug-likeness (QED) is 0.778. The van der Waals surface area contributed by atoms with Gasteiger partial charge in [0.05, 0.1) is 17.1 Å². The Morgan fingerprint density at radius 2 is 1.93 bits per heavy atom. The van der Waals surface area contributed by atoms with Crippen molar-refractivity contribution in [2.24, 2.45) is 0 Å². The van der Waals surface area contributed by atoms with Crippen LogP contribution in [-0.2, 0) is 4.79 Å². The first-order valence-corrected chi connectivity index (χ1v) is 9.89. The third kappa shape index (κ3) is 5.36. The van der Waals surface area contributed by atoms with Gasteiger partial charge in [-0.15, -0.1) is 0 Å². The van der Waals surface area contributed by atoms with E-state index in [2.05, 4.69) is 20.5 Å². The Bertz CT molecular complexity index is 867. The summed E-state index contributed by atoms with van der Waals surface area (Å²) in [6.45, 7) is 3.53. The van der Waals surface area contributed by atoms with Gasteiger partial charge in [-0.25, -0.2) is 4.98 Å². The number of piperidine rings is 1. The number of aryl methyl sites for hydroxylation is 1. The molecule has 0 spiro atoms. The minimum absolute atomic E-state index is 0.0876. The molecule has 0 radical (unpaired) electrons. The number of hydrogen-bond acceptors (Lipinski definition) is 4. The fraction of sp³-hybridized carbons (Fsp3) is 0.350. The van der Waals surface area contributed by atoms with Crippen molar-refractivity contribution in [3.05, 3.63) is 57.7 Å². The van der Waals surface area contributed by atoms with Crippen LogP contribution < -0.4 is 15.5 Å². The smallest absolute Gasteiger partial charge is 0.253 e. The van der Waals surface area contributed by atoms with Crippen molar-refractivity contribution in [2.45, 2.75) is 25.8 Å². The second-order valence-corrected chi connectivity index (χ2v) is 7.62. The molecule has 1 saturated heterocycles. The van der Waals surface area contributed by atoms with E-state index in [0.717, 1.165) is 37.4 Å². The van der Waals surface area contributed by atoms with E-state index in [9.17, 15) is 9.59 Å². The summed E-state index contributed by atoms with van der Waals surface area (Å²) in [6, 6.07) is 10.7. The Labute approximate surface area is 174 Å². The van der Waals surface area contributed by atoms with E-state index < -0.39 is 5.91 Å². The van der Waals surface area contributed by atoms with Crippen LogP contribution in [0.3, 0.4) is 0 Å². The van der Waals surface area contributed by atoms with Crippen LogP contribution in [0.1, 0.15) is 28.9 Å². The molecule has 1 aromatic carbocycles. The summed E-state index contributed by atoms with van der Waals surface area (Å²) in [5, 5.41) is 6.27. The normalized spacial score (nSPS) is 14.6. The zero-order valence-corrected chi connectivity index (χ0v) is 17.1. The molecule has 2 amide bonds. The number of carbonyl (C=O) groups excluding carboxylic acids is 2. The number of amides is 2. The maximum atomic E-state index is 12.2. The summed E-state index contributed by atoms with van der Waals surface area (Å²) >= 11 is 11.8. The fourth-order valence-corrected chi connectivity index (χ4v) is 3.66. The first-order valence-electron chi connectivity index (χ1n) is 9.13. The standard InChI is InChI=1S/C20H22Cl2N4O2/c1-13-3-2-4-18(24-13)26-9-7-15(8-10-26)25-19(27)12-23-20(28)16-6-5-14(21)11-17(16)22/h2-6,11,15H,7-10,12H2,1H3,(H,23,28)(H,25,27). The highest BCUT2D eigenvalue weighted by atomic mass is 35.5. The maximum absolute atomic E-state index is 12.2. The summed E-state index contributed by atoms with van der Waals surface area (Å²) in [7, 11) is 0. The number of hydrogen-bond donors (Lipinski definition) is 2. The molecule has 1 aliphatic rings. The lowest BCUT2D eigenvalue weighted by Gasteiger charge is -2.33. The molecule has 0 saturated carbocycles. The van der Waals surface area contributed by atoms with Crippen molar-refractivity contribution in [1.82, 2.24) is 15.6 Å². The summed E-state index contributed by atoms with van der Waals surface area (Å²) in [4.78, 5) is 31.1. The molecule has 0 bridgehead atoms. The van der Waals surface area contributed by atoms with Crippen molar-refractivity contribution in [3.63, 3.8) is 0 Å². The van der Waals surface area contributed by atoms with Gasteiger partial charge in [0, 0.05) is 29.8 Å². The number of benzene rings is 1. The van der Waals surface area contributed by atoms with E-state index in [1.165, 1.54) is 12.1 Å². The Morgan fingerprint density at radius 3 is 2.61 bits per heavy atom. The first kappa shape index (κ1) is 20.4. The lowest BCUT2D eigenvalue weighted by molar-refractivity contribution is -0.120. The first-order chi connectivity index (χ1) is 13.4. The van der Waals surface area contributed by atoms with E-state index in [-0.39, 0.29) is 29.1 Å². The topological polar surface area (TPSA) is 74.3 Å². The number of anilines is 1. The van der Waals surface area contributed by atoms with Crippen molar-refractivity contribution < 1.29 is 9.59 Å². The summed E-state index contributed by atoms with van der Waals surface area (Å²) in [5.41, 5.74) is 1.28. The van der Waals surface area contributed by atoms with Crippen LogP contribution in [0.15, 0.2) is 36.4 Å². The molecule has 28 heavy (non-hydrogen) atoms. The predicted molar refractivity (Wildman–Crippen MR) is 111 cm³/mol. The van der Waals surface area contributed by atoms with Gasteiger partial charge in [-0.1, -0.05) is 29.3 Å². The van der Waals surface area contributed by atoms with Crippen molar-refractivity contribution in [2.75, 3.05) is 24.5 Å². The largest absolute Gasteiger partial charge is 0.356 e. The molecule has 3 rings (SSSR count). The molecular weight excluding hydrogens is 399 g/mol. The van der Waals surface area contributed by atoms with Gasteiger partial charge in [-0.2, -0.15) is 0 Å². The lowest BCUT2D eigenvalue weighted by atomic mass is 10.0. The highest BCUT2D eigenvalue weighted by Gasteiger charge is 2.22. The summed E-state index contributed by atoms with van der Waals surface area (Å²) in [5.74, 6) is 0.347. The highest BCUT2D eigenvalue weighted by molar-refractivity contribution is 6.36. The Kier molecular flexibility index (Phi) is 6.75. The van der Waals surface area contributed by atoms with Crippen LogP contribution in [-0.4, -0.2) is 42.5 Å². The monoisotopic (exact) mass is 420 g/mol. The van der Waals surface area contributed by atoms with Gasteiger partial charge >= 0.3 is 0 Å². The van der Waals surface area contributed by atoms with Gasteiger partial charge in [-0.05, 0) is 50.1 Å². The van der Waals surface area contributed by atoms with Crippen LogP contribution in [0.4, 0.5) is 5.82 Å². The molecule has 2 heterocycles. The van der Waals surface area contributed by atoms with Gasteiger partial charge in [0.25, 0.3) is 5.91 Å². The molecule has 148 valence electrons. The number of aromatic nitrogens is 1. The molecule has 2 aromatic rings. The molecule has 0 atom stereocenters. The molecule has 6 nitrogen and oxygen atoms in total. The Morgan fingerprint density at radius 1 is 1.18 bits per heavy atom. The Balaban J connectivity index is 1.44. The number of halogens is 2. The average Bonchev–Trinajstić information content (AvgIpc) is 2.67. The van der Waals surface area contributed by atoms with Crippen LogP contribution in [0.2, 0.25) is 10.0 Å². The molecule has 8 heteroatoms. The number of pyridine rings is 1. The second-order valence-electron chi connectivity index (χ2n) is 6.77. The van der Waals surface area contributed by atoms with Crippen LogP contribution in [0.5, 0.6) is 0 Å². The van der Waals surface area contributed by atoms with Crippen LogP contribution in [0.25, 0.3) is 0 Å². The van der Waals surface area contributed by atoms with Gasteiger partial charge in [0.15, 0.2) is 0 Å². The van der Waals surface area contributed by atoms with Crippen molar-refractivity contribution >= 4 is 40.8 Å². The maximum Gasteiger partial charge on any atom is 0.253 e. The molecular formula is C20H22Cl2N4O2. The van der Waals surface area contributed by atoms with Gasteiger partial charge in [0.2, 0.25) is 5.91 Å². The minimum Gasteiger partial charge on any atom is -0.356 e. The van der Waals surface area contributed by atoms with E-state index >= 15 is 0 Å². The molecule has 1 aliphatic heterocycles. The third-order valence-corrected chi connectivity index (χ3v) is 5.19. The molecule has 1 aromatic heterocycles. The molecule has 2 N–H and O–H groups in total. The van der Waals surface area contributed by atoms with E-state index in [1.807, 2.05) is 25.1 Å². The van der Waals surface area contributed by atoms with Crippen molar-refractivity contribution in [1.29, 1.82) is 0 Å². The molecule has 1 fully saturated rings. The predicted octanol–water partition coefficient (Wildman–Crippen LogP) is 3.21.